The number of amides is 2. The number of methoxy groups -OCH3 is 1. The minimum absolute atomic E-state index is 0.154. The molecule has 144 valence electrons. The van der Waals surface area contributed by atoms with E-state index in [0.717, 1.165) is 15.8 Å². The first-order valence-electron chi connectivity index (χ1n) is 8.47. The fourth-order valence-electron chi connectivity index (χ4n) is 2.48. The van der Waals surface area contributed by atoms with Crippen molar-refractivity contribution in [2.75, 3.05) is 20.8 Å². The van der Waals surface area contributed by atoms with Crippen LogP contribution in [0.25, 0.3) is 0 Å². The Morgan fingerprint density at radius 2 is 1.67 bits per heavy atom. The molecule has 6 nitrogen and oxygen atoms in total. The Kier molecular flexibility index (Phi) is 7.67. The number of nitrogens with one attached hydrogen (secondary N) is 1. The quantitative estimate of drug-likeness (QED) is 0.693. The monoisotopic (exact) mass is 434 g/mol. The lowest BCUT2D eigenvalue weighted by Gasteiger charge is -2.28. The van der Waals surface area contributed by atoms with E-state index >= 15 is 0 Å². The lowest BCUT2D eigenvalue weighted by atomic mass is 10.1. The van der Waals surface area contributed by atoms with E-state index in [1.54, 1.807) is 33.2 Å². The number of benzene rings is 2. The molecule has 2 rings (SSSR count). The molecule has 2 aromatic carbocycles. The molecule has 0 spiro atoms. The number of nitrogens with zero attached hydrogens (tertiary/aromatic N) is 1. The van der Waals surface area contributed by atoms with Gasteiger partial charge in [-0.25, -0.2) is 0 Å². The zero-order chi connectivity index (χ0) is 19.8. The molecule has 0 aliphatic carbocycles. The fraction of sp³-hybridized carbons (Fsp3) is 0.300. The van der Waals surface area contributed by atoms with Gasteiger partial charge in [0.25, 0.3) is 5.91 Å². The van der Waals surface area contributed by atoms with E-state index in [4.69, 9.17) is 9.47 Å². The van der Waals surface area contributed by atoms with E-state index < -0.39 is 6.04 Å². The van der Waals surface area contributed by atoms with Crippen LogP contribution in [-0.4, -0.2) is 43.5 Å². The SMILES string of the molecule is CNC(=O)[C@H](C)N(Cc1ccc(OC)cc1)C(=O)COc1ccc(Br)cc1. The number of ether oxygens (including phenoxy) is 2. The maximum atomic E-state index is 12.8. The zero-order valence-electron chi connectivity index (χ0n) is 15.6. The van der Waals surface area contributed by atoms with Crippen LogP contribution in [0.2, 0.25) is 0 Å². The number of hydrogen-bond acceptors (Lipinski definition) is 4. The molecular weight excluding hydrogens is 412 g/mol. The van der Waals surface area contributed by atoms with Gasteiger partial charge in [-0.2, -0.15) is 0 Å². The van der Waals surface area contributed by atoms with Crippen LogP contribution in [0.3, 0.4) is 0 Å². The topological polar surface area (TPSA) is 67.9 Å². The van der Waals surface area contributed by atoms with Crippen LogP contribution in [0.1, 0.15) is 12.5 Å². The molecule has 2 aromatic rings. The van der Waals surface area contributed by atoms with Gasteiger partial charge in [-0.15, -0.1) is 0 Å². The van der Waals surface area contributed by atoms with Gasteiger partial charge in [-0.3, -0.25) is 9.59 Å². The summed E-state index contributed by atoms with van der Waals surface area (Å²) in [6.07, 6.45) is 0. The number of rotatable bonds is 8. The van der Waals surface area contributed by atoms with Crippen LogP contribution >= 0.6 is 15.9 Å². The van der Waals surface area contributed by atoms with Crippen LogP contribution in [0.15, 0.2) is 53.0 Å². The van der Waals surface area contributed by atoms with Gasteiger partial charge in [0.15, 0.2) is 6.61 Å². The van der Waals surface area contributed by atoms with Gasteiger partial charge in [0.2, 0.25) is 5.91 Å². The average Bonchev–Trinajstić information content (AvgIpc) is 2.70. The first-order valence-corrected chi connectivity index (χ1v) is 9.26. The second kappa shape index (κ2) is 9.97. The van der Waals surface area contributed by atoms with Crippen molar-refractivity contribution in [3.63, 3.8) is 0 Å². The molecule has 0 aromatic heterocycles. The van der Waals surface area contributed by atoms with Gasteiger partial charge in [0.05, 0.1) is 7.11 Å². The lowest BCUT2D eigenvalue weighted by Crippen LogP contribution is -2.48. The molecule has 0 saturated heterocycles. The molecule has 2 amide bonds. The third-order valence-electron chi connectivity index (χ3n) is 4.10. The van der Waals surface area contributed by atoms with Crippen molar-refractivity contribution >= 4 is 27.7 Å². The van der Waals surface area contributed by atoms with Crippen molar-refractivity contribution in [1.82, 2.24) is 10.2 Å². The summed E-state index contributed by atoms with van der Waals surface area (Å²) in [5.74, 6) is 0.809. The number of carbonyl (C=O) groups is 2. The molecule has 0 unspecified atom stereocenters. The van der Waals surface area contributed by atoms with E-state index in [1.165, 1.54) is 4.90 Å². The van der Waals surface area contributed by atoms with E-state index in [1.807, 2.05) is 36.4 Å². The predicted octanol–water partition coefficient (Wildman–Crippen LogP) is 3.00. The van der Waals surface area contributed by atoms with Crippen LogP contribution < -0.4 is 14.8 Å². The van der Waals surface area contributed by atoms with Gasteiger partial charge in [0, 0.05) is 18.1 Å². The van der Waals surface area contributed by atoms with Crippen LogP contribution in [-0.2, 0) is 16.1 Å². The molecule has 0 heterocycles. The number of likely N-dealkylation sites (N-methyl/N-ethyl adjacent to an activating group) is 1. The summed E-state index contributed by atoms with van der Waals surface area (Å²) < 4.78 is 11.7. The third-order valence-corrected chi connectivity index (χ3v) is 4.63. The van der Waals surface area contributed by atoms with Gasteiger partial charge in [0.1, 0.15) is 17.5 Å². The van der Waals surface area contributed by atoms with Crippen molar-refractivity contribution < 1.29 is 19.1 Å². The average molecular weight is 435 g/mol. The first kappa shape index (κ1) is 20.8. The summed E-state index contributed by atoms with van der Waals surface area (Å²) in [6.45, 7) is 1.83. The molecule has 0 bridgehead atoms. The standard InChI is InChI=1S/C20H23BrN2O4/c1-14(20(25)22-2)23(12-15-4-8-17(26-3)9-5-15)19(24)13-27-18-10-6-16(21)7-11-18/h4-11,14H,12-13H2,1-3H3,(H,22,25)/t14-/m0/s1. The highest BCUT2D eigenvalue weighted by Crippen LogP contribution is 2.18. The Hall–Kier alpha value is -2.54. The van der Waals surface area contributed by atoms with E-state index in [9.17, 15) is 9.59 Å². The van der Waals surface area contributed by atoms with Gasteiger partial charge in [-0.05, 0) is 48.9 Å². The number of hydrogen-bond donors (Lipinski definition) is 1. The zero-order valence-corrected chi connectivity index (χ0v) is 17.2. The summed E-state index contributed by atoms with van der Waals surface area (Å²) in [5, 5.41) is 2.59. The summed E-state index contributed by atoms with van der Waals surface area (Å²) >= 11 is 3.35. The predicted molar refractivity (Wildman–Crippen MR) is 107 cm³/mol. The molecule has 1 atom stereocenters. The van der Waals surface area contributed by atoms with Gasteiger partial charge >= 0.3 is 0 Å². The van der Waals surface area contributed by atoms with Gasteiger partial charge in [-0.1, -0.05) is 28.1 Å². The highest BCUT2D eigenvalue weighted by molar-refractivity contribution is 9.10. The molecule has 27 heavy (non-hydrogen) atoms. The normalized spacial score (nSPS) is 11.4. The van der Waals surface area contributed by atoms with Crippen LogP contribution in [0, 0.1) is 0 Å². The Labute approximate surface area is 167 Å². The molecule has 7 heteroatoms. The van der Waals surface area contributed by atoms with Crippen molar-refractivity contribution in [3.05, 3.63) is 58.6 Å². The Morgan fingerprint density at radius 1 is 1.07 bits per heavy atom. The van der Waals surface area contributed by atoms with Gasteiger partial charge < -0.3 is 19.7 Å². The Balaban J connectivity index is 2.10. The Bertz CT molecular complexity index is 763. The van der Waals surface area contributed by atoms with Crippen LogP contribution in [0.4, 0.5) is 0 Å². The molecular formula is C20H23BrN2O4. The van der Waals surface area contributed by atoms with Crippen molar-refractivity contribution in [2.45, 2.75) is 19.5 Å². The number of halogens is 1. The summed E-state index contributed by atoms with van der Waals surface area (Å²) in [4.78, 5) is 26.3. The van der Waals surface area contributed by atoms with E-state index in [2.05, 4.69) is 21.2 Å². The van der Waals surface area contributed by atoms with E-state index in [0.29, 0.717) is 12.3 Å². The molecule has 0 fully saturated rings. The molecule has 0 aliphatic heterocycles. The smallest absolute Gasteiger partial charge is 0.261 e. The van der Waals surface area contributed by atoms with Crippen molar-refractivity contribution in [1.29, 1.82) is 0 Å². The Morgan fingerprint density at radius 3 is 2.22 bits per heavy atom. The summed E-state index contributed by atoms with van der Waals surface area (Å²) in [7, 11) is 3.14. The highest BCUT2D eigenvalue weighted by atomic mass is 79.9. The second-order valence-corrected chi connectivity index (χ2v) is 6.82. The lowest BCUT2D eigenvalue weighted by molar-refractivity contribution is -0.142. The second-order valence-electron chi connectivity index (χ2n) is 5.90. The minimum Gasteiger partial charge on any atom is -0.497 e. The maximum Gasteiger partial charge on any atom is 0.261 e. The largest absolute Gasteiger partial charge is 0.497 e. The summed E-state index contributed by atoms with van der Waals surface area (Å²) in [5.41, 5.74) is 0.892. The van der Waals surface area contributed by atoms with E-state index in [-0.39, 0.29) is 18.4 Å². The molecule has 1 N–H and O–H groups in total. The fourth-order valence-corrected chi connectivity index (χ4v) is 2.74. The summed E-state index contributed by atoms with van der Waals surface area (Å²) in [6, 6.07) is 14.0. The highest BCUT2D eigenvalue weighted by Gasteiger charge is 2.25. The molecule has 0 saturated carbocycles. The minimum atomic E-state index is -0.627. The molecule has 0 aliphatic rings. The molecule has 0 radical (unpaired) electrons. The third kappa shape index (κ3) is 5.99. The number of carbonyl (C=O) groups excluding carboxylic acids is 2. The van der Waals surface area contributed by atoms with Crippen molar-refractivity contribution in [3.8, 4) is 11.5 Å². The first-order chi connectivity index (χ1) is 12.9. The van der Waals surface area contributed by atoms with Crippen LogP contribution in [0.5, 0.6) is 11.5 Å². The maximum absolute atomic E-state index is 12.8. The van der Waals surface area contributed by atoms with Crippen molar-refractivity contribution in [2.24, 2.45) is 0 Å².